The quantitative estimate of drug-likeness (QED) is 0.404. The number of nitrogen functional groups attached to an aromatic ring is 1. The minimum atomic E-state index is -0.571. The lowest BCUT2D eigenvalue weighted by atomic mass is 10.1. The van der Waals surface area contributed by atoms with Crippen LogP contribution < -0.4 is 21.0 Å². The van der Waals surface area contributed by atoms with Crippen LogP contribution in [-0.4, -0.2) is 114 Å². The van der Waals surface area contributed by atoms with Crippen molar-refractivity contribution in [3.8, 4) is 11.3 Å². The number of piperazine rings is 1. The zero-order chi connectivity index (χ0) is 29.8. The average Bonchev–Trinajstić information content (AvgIpc) is 3.44. The number of likely N-dealkylation sites (N-methyl/N-ethyl adjacent to an activating group) is 1. The summed E-state index contributed by atoms with van der Waals surface area (Å²) in [6.07, 6.45) is 3.89. The monoisotopic (exact) mass is 588 g/mol. The van der Waals surface area contributed by atoms with Crippen LogP contribution in [0.4, 0.5) is 22.5 Å². The molecule has 0 unspecified atom stereocenters. The van der Waals surface area contributed by atoms with Gasteiger partial charge in [-0.25, -0.2) is 19.7 Å². The summed E-state index contributed by atoms with van der Waals surface area (Å²) in [6.45, 7) is 6.54. The highest BCUT2D eigenvalue weighted by atomic mass is 16.7. The van der Waals surface area contributed by atoms with Gasteiger partial charge in [-0.3, -0.25) is 4.79 Å². The van der Waals surface area contributed by atoms with Crippen LogP contribution in [0.2, 0.25) is 0 Å². The second-order valence-electron chi connectivity index (χ2n) is 10.8. The van der Waals surface area contributed by atoms with Crippen molar-refractivity contribution in [3.05, 3.63) is 53.3 Å². The number of amides is 2. The number of hydrogen-bond acceptors (Lipinski definition) is 12. The molecule has 0 spiro atoms. The summed E-state index contributed by atoms with van der Waals surface area (Å²) in [4.78, 5) is 55.3. The molecule has 0 saturated carbocycles. The number of rotatable bonds is 7. The molecule has 2 fully saturated rings. The number of carbonyl (C=O) groups excluding carboxylic acids is 2. The van der Waals surface area contributed by atoms with Crippen LogP contribution in [0.25, 0.3) is 11.3 Å². The second kappa shape index (κ2) is 12.8. The van der Waals surface area contributed by atoms with Crippen LogP contribution in [0, 0.1) is 0 Å². The predicted octanol–water partition coefficient (Wildman–Crippen LogP) is 0.986. The molecule has 6 rings (SSSR count). The van der Waals surface area contributed by atoms with Gasteiger partial charge >= 0.3 is 6.09 Å². The number of morpholine rings is 1. The lowest BCUT2D eigenvalue weighted by Crippen LogP contribution is -2.47. The average molecular weight is 589 g/mol. The number of benzene rings is 1. The van der Waals surface area contributed by atoms with Gasteiger partial charge in [0.15, 0.2) is 5.82 Å². The normalized spacial score (nSPS) is 17.1. The SMILES string of the molecule is CN1CCN(C(=O)c2ccc(CCNC(=O)ON3CCc4c(-c5cnc(N)nc5)nc(N5CCOCC5)nc43)cc2)CC1. The minimum Gasteiger partial charge on any atom is -0.378 e. The molecule has 0 atom stereocenters. The summed E-state index contributed by atoms with van der Waals surface area (Å²) in [5.74, 6) is 1.30. The van der Waals surface area contributed by atoms with Crippen LogP contribution in [0.3, 0.4) is 0 Å². The Morgan fingerprint density at radius 3 is 2.42 bits per heavy atom. The molecule has 3 aliphatic heterocycles. The van der Waals surface area contributed by atoms with E-state index in [9.17, 15) is 9.59 Å². The molecule has 2 aromatic heterocycles. The number of hydroxylamine groups is 1. The first-order valence-corrected chi connectivity index (χ1v) is 14.6. The minimum absolute atomic E-state index is 0.0555. The topological polar surface area (TPSA) is 155 Å². The van der Waals surface area contributed by atoms with Gasteiger partial charge in [-0.05, 0) is 37.6 Å². The van der Waals surface area contributed by atoms with Crippen molar-refractivity contribution < 1.29 is 19.2 Å². The zero-order valence-electron chi connectivity index (χ0n) is 24.2. The Bertz CT molecular complexity index is 1440. The number of nitrogens with one attached hydrogen (secondary N) is 1. The van der Waals surface area contributed by atoms with Crippen LogP contribution in [0.5, 0.6) is 0 Å². The molecule has 43 heavy (non-hydrogen) atoms. The van der Waals surface area contributed by atoms with Gasteiger partial charge in [-0.15, -0.1) is 0 Å². The van der Waals surface area contributed by atoms with Crippen molar-refractivity contribution >= 4 is 29.7 Å². The van der Waals surface area contributed by atoms with Crippen molar-refractivity contribution in [2.24, 2.45) is 0 Å². The van der Waals surface area contributed by atoms with Crippen LogP contribution >= 0.6 is 0 Å². The van der Waals surface area contributed by atoms with E-state index in [1.54, 1.807) is 12.4 Å². The van der Waals surface area contributed by atoms with Gasteiger partial charge in [0.25, 0.3) is 5.91 Å². The molecule has 1 aromatic carbocycles. The summed E-state index contributed by atoms with van der Waals surface area (Å²) in [6, 6.07) is 7.56. The van der Waals surface area contributed by atoms with Gasteiger partial charge in [0, 0.05) is 74.9 Å². The Kier molecular flexibility index (Phi) is 8.47. The Labute approximate surface area is 249 Å². The Morgan fingerprint density at radius 2 is 1.70 bits per heavy atom. The van der Waals surface area contributed by atoms with Gasteiger partial charge in [0.1, 0.15) is 0 Å². The van der Waals surface area contributed by atoms with Crippen LogP contribution in [0.15, 0.2) is 36.7 Å². The maximum atomic E-state index is 12.8. The van der Waals surface area contributed by atoms with Gasteiger partial charge < -0.3 is 35.3 Å². The summed E-state index contributed by atoms with van der Waals surface area (Å²) >= 11 is 0. The second-order valence-corrected chi connectivity index (χ2v) is 10.8. The van der Waals surface area contributed by atoms with E-state index >= 15 is 0 Å². The van der Waals surface area contributed by atoms with Gasteiger partial charge in [-0.1, -0.05) is 12.1 Å². The molecule has 2 amide bonds. The van der Waals surface area contributed by atoms with Crippen LogP contribution in [0.1, 0.15) is 21.5 Å². The fourth-order valence-electron chi connectivity index (χ4n) is 5.36. The number of hydrogen-bond donors (Lipinski definition) is 2. The summed E-state index contributed by atoms with van der Waals surface area (Å²) in [7, 11) is 2.07. The number of aromatic nitrogens is 4. The highest BCUT2D eigenvalue weighted by Crippen LogP contribution is 2.35. The molecule has 226 valence electrons. The number of carbonyl (C=O) groups is 2. The molecule has 0 radical (unpaired) electrons. The maximum absolute atomic E-state index is 12.8. The largest absolute Gasteiger partial charge is 0.431 e. The van der Waals surface area contributed by atoms with Crippen molar-refractivity contribution in [2.75, 3.05) is 88.3 Å². The highest BCUT2D eigenvalue weighted by Gasteiger charge is 2.31. The van der Waals surface area contributed by atoms with E-state index < -0.39 is 6.09 Å². The third kappa shape index (κ3) is 6.60. The first-order chi connectivity index (χ1) is 20.9. The van der Waals surface area contributed by atoms with Gasteiger partial charge in [0.2, 0.25) is 11.9 Å². The lowest BCUT2D eigenvalue weighted by molar-refractivity contribution is 0.0664. The van der Waals surface area contributed by atoms with E-state index in [2.05, 4.69) is 27.2 Å². The van der Waals surface area contributed by atoms with E-state index in [1.165, 1.54) is 5.06 Å². The van der Waals surface area contributed by atoms with E-state index in [0.29, 0.717) is 80.8 Å². The summed E-state index contributed by atoms with van der Waals surface area (Å²) in [5.41, 5.74) is 9.65. The first-order valence-electron chi connectivity index (χ1n) is 14.6. The molecule has 2 saturated heterocycles. The van der Waals surface area contributed by atoms with Crippen LogP contribution in [-0.2, 0) is 22.4 Å². The molecule has 3 N–H and O–H groups in total. The third-order valence-corrected chi connectivity index (χ3v) is 7.88. The van der Waals surface area contributed by atoms with Gasteiger partial charge in [0.05, 0.1) is 25.5 Å². The first kappa shape index (κ1) is 28.6. The molecule has 3 aromatic rings. The number of anilines is 3. The molecular weight excluding hydrogens is 552 g/mol. The maximum Gasteiger partial charge on any atom is 0.431 e. The highest BCUT2D eigenvalue weighted by molar-refractivity contribution is 5.94. The Balaban J connectivity index is 1.08. The molecule has 3 aliphatic rings. The lowest BCUT2D eigenvalue weighted by Gasteiger charge is -2.32. The number of nitrogens with zero attached hydrogens (tertiary/aromatic N) is 8. The number of ether oxygens (including phenoxy) is 1. The molecular formula is C29H36N10O4. The van der Waals surface area contributed by atoms with E-state index in [4.69, 9.17) is 25.3 Å². The van der Waals surface area contributed by atoms with Crippen molar-refractivity contribution in [3.63, 3.8) is 0 Å². The molecule has 0 aliphatic carbocycles. The molecule has 5 heterocycles. The van der Waals surface area contributed by atoms with Crippen molar-refractivity contribution in [1.29, 1.82) is 0 Å². The fourth-order valence-corrected chi connectivity index (χ4v) is 5.36. The molecule has 0 bridgehead atoms. The Hall–Kier alpha value is -4.56. The van der Waals surface area contributed by atoms with Crippen molar-refractivity contribution in [2.45, 2.75) is 12.8 Å². The summed E-state index contributed by atoms with van der Waals surface area (Å²) in [5, 5.41) is 4.34. The number of fused-ring (bicyclic) bond motifs is 1. The zero-order valence-corrected chi connectivity index (χ0v) is 24.2. The molecule has 14 heteroatoms. The number of nitrogens with two attached hydrogens (primary N) is 1. The fraction of sp³-hybridized carbons (Fsp3) is 0.448. The van der Waals surface area contributed by atoms with E-state index in [-0.39, 0.29) is 11.9 Å². The standard InChI is InChI=1S/C29H36N10O4/c1-36-10-12-37(13-11-36)26(40)21-4-2-20(3-5-21)6-8-31-29(41)43-39-9-7-23-24(22-18-32-27(30)33-19-22)34-28(35-25(23)39)38-14-16-42-17-15-38/h2-5,18-19H,6-17H2,1H3,(H,31,41)(H2,30,32,33). The van der Waals surface area contributed by atoms with E-state index in [0.717, 1.165) is 37.3 Å². The van der Waals surface area contributed by atoms with Crippen molar-refractivity contribution in [1.82, 2.24) is 35.1 Å². The predicted molar refractivity (Wildman–Crippen MR) is 160 cm³/mol. The third-order valence-electron chi connectivity index (χ3n) is 7.88. The Morgan fingerprint density at radius 1 is 0.977 bits per heavy atom. The van der Waals surface area contributed by atoms with E-state index in [1.807, 2.05) is 34.1 Å². The smallest absolute Gasteiger partial charge is 0.378 e. The molecule has 14 nitrogen and oxygen atoms in total. The van der Waals surface area contributed by atoms with Gasteiger partial charge in [-0.2, -0.15) is 10.0 Å². The summed E-state index contributed by atoms with van der Waals surface area (Å²) < 4.78 is 5.49.